The zero-order valence-corrected chi connectivity index (χ0v) is 12.2. The van der Waals surface area contributed by atoms with Crippen LogP contribution in [0, 0.1) is 10.1 Å². The summed E-state index contributed by atoms with van der Waals surface area (Å²) in [6.45, 7) is 5.52. The van der Waals surface area contributed by atoms with Crippen LogP contribution in [0.15, 0.2) is 24.3 Å². The number of morpholine rings is 1. The molecule has 1 spiro atoms. The second kappa shape index (κ2) is 5.71. The normalized spacial score (nSPS) is 29.9. The van der Waals surface area contributed by atoms with E-state index in [0.29, 0.717) is 13.2 Å². The van der Waals surface area contributed by atoms with Gasteiger partial charge in [-0.15, -0.1) is 0 Å². The summed E-state index contributed by atoms with van der Waals surface area (Å²) >= 11 is 0. The van der Waals surface area contributed by atoms with E-state index in [1.165, 1.54) is 0 Å². The molecule has 3 rings (SSSR count). The van der Waals surface area contributed by atoms with Crippen molar-refractivity contribution in [3.63, 3.8) is 0 Å². The van der Waals surface area contributed by atoms with Crippen molar-refractivity contribution in [3.05, 3.63) is 39.9 Å². The van der Waals surface area contributed by atoms with Gasteiger partial charge in [0.25, 0.3) is 5.69 Å². The highest BCUT2D eigenvalue weighted by molar-refractivity contribution is 5.39. The minimum absolute atomic E-state index is 0.114. The molecule has 0 amide bonds. The molecule has 2 atom stereocenters. The molecule has 0 saturated carbocycles. The summed E-state index contributed by atoms with van der Waals surface area (Å²) in [5.41, 5.74) is 0.709. The molecule has 0 unspecified atom stereocenters. The van der Waals surface area contributed by atoms with Crippen molar-refractivity contribution < 1.29 is 14.4 Å². The zero-order valence-electron chi connectivity index (χ0n) is 12.2. The molecule has 1 aromatic rings. The standard InChI is InChI=1S/C15H20N2O4/c1-12-8-16(10-15(21-12)6-7-20-11-15)9-13-4-2-3-5-14(13)17(18)19/h2-5,12H,6-11H2,1H3/t12-,15+/m0/s1. The molecule has 0 radical (unpaired) electrons. The van der Waals surface area contributed by atoms with Gasteiger partial charge in [0.05, 0.1) is 17.6 Å². The van der Waals surface area contributed by atoms with E-state index in [1.807, 2.05) is 19.1 Å². The number of ether oxygens (including phenoxy) is 2. The molecule has 2 heterocycles. The third-order valence-electron chi connectivity index (χ3n) is 4.13. The van der Waals surface area contributed by atoms with E-state index in [-0.39, 0.29) is 22.3 Å². The molecule has 1 aromatic carbocycles. The van der Waals surface area contributed by atoms with Crippen LogP contribution in [0.2, 0.25) is 0 Å². The van der Waals surface area contributed by atoms with Crippen molar-refractivity contribution in [1.82, 2.24) is 4.90 Å². The number of rotatable bonds is 3. The summed E-state index contributed by atoms with van der Waals surface area (Å²) in [6.07, 6.45) is 1.01. The van der Waals surface area contributed by atoms with Gasteiger partial charge in [-0.1, -0.05) is 18.2 Å². The van der Waals surface area contributed by atoms with Gasteiger partial charge in [0.2, 0.25) is 0 Å². The summed E-state index contributed by atoms with van der Waals surface area (Å²) in [6, 6.07) is 6.94. The Morgan fingerprint density at radius 2 is 2.29 bits per heavy atom. The van der Waals surface area contributed by atoms with E-state index in [9.17, 15) is 10.1 Å². The Bertz CT molecular complexity index is 528. The highest BCUT2D eigenvalue weighted by Crippen LogP contribution is 2.31. The van der Waals surface area contributed by atoms with E-state index in [4.69, 9.17) is 9.47 Å². The first-order chi connectivity index (χ1) is 10.1. The second-order valence-electron chi connectivity index (χ2n) is 5.97. The molecule has 2 fully saturated rings. The van der Waals surface area contributed by atoms with Crippen molar-refractivity contribution >= 4 is 5.69 Å². The van der Waals surface area contributed by atoms with Gasteiger partial charge in [0, 0.05) is 44.3 Å². The number of para-hydroxylation sites is 1. The van der Waals surface area contributed by atoms with E-state index < -0.39 is 0 Å². The van der Waals surface area contributed by atoms with Gasteiger partial charge >= 0.3 is 0 Å². The van der Waals surface area contributed by atoms with Crippen LogP contribution in [0.25, 0.3) is 0 Å². The Morgan fingerprint density at radius 1 is 1.48 bits per heavy atom. The largest absolute Gasteiger partial charge is 0.378 e. The minimum Gasteiger partial charge on any atom is -0.378 e. The molecule has 0 aliphatic carbocycles. The summed E-state index contributed by atoms with van der Waals surface area (Å²) in [4.78, 5) is 13.0. The highest BCUT2D eigenvalue weighted by Gasteiger charge is 2.42. The summed E-state index contributed by atoms with van der Waals surface area (Å²) < 4.78 is 11.6. The van der Waals surface area contributed by atoms with E-state index in [1.54, 1.807) is 12.1 Å². The Labute approximate surface area is 123 Å². The lowest BCUT2D eigenvalue weighted by Crippen LogP contribution is -2.55. The van der Waals surface area contributed by atoms with Gasteiger partial charge in [0.15, 0.2) is 0 Å². The number of hydrogen-bond acceptors (Lipinski definition) is 5. The molecule has 0 aromatic heterocycles. The fourth-order valence-electron chi connectivity index (χ4n) is 3.33. The SMILES string of the molecule is C[C@H]1CN(Cc2ccccc2[N+](=O)[O-])C[C@@]2(CCOC2)O1. The molecule has 0 N–H and O–H groups in total. The molecule has 114 valence electrons. The van der Waals surface area contributed by atoms with E-state index >= 15 is 0 Å². The predicted octanol–water partition coefficient (Wildman–Crippen LogP) is 1.97. The Balaban J connectivity index is 1.77. The fourth-order valence-corrected chi connectivity index (χ4v) is 3.33. The van der Waals surface area contributed by atoms with Crippen molar-refractivity contribution in [2.24, 2.45) is 0 Å². The lowest BCUT2D eigenvalue weighted by molar-refractivity contribution is -0.385. The van der Waals surface area contributed by atoms with Crippen molar-refractivity contribution in [2.75, 3.05) is 26.3 Å². The summed E-state index contributed by atoms with van der Waals surface area (Å²) in [5.74, 6) is 0. The molecular weight excluding hydrogens is 272 g/mol. The molecule has 2 saturated heterocycles. The van der Waals surface area contributed by atoms with Gasteiger partial charge in [-0.25, -0.2) is 0 Å². The van der Waals surface area contributed by atoms with Gasteiger partial charge in [0.1, 0.15) is 5.60 Å². The number of benzene rings is 1. The lowest BCUT2D eigenvalue weighted by Gasteiger charge is -2.42. The maximum absolute atomic E-state index is 11.1. The maximum atomic E-state index is 11.1. The van der Waals surface area contributed by atoms with Gasteiger partial charge in [-0.05, 0) is 6.92 Å². The van der Waals surface area contributed by atoms with Crippen LogP contribution in [0.4, 0.5) is 5.69 Å². The van der Waals surface area contributed by atoms with Gasteiger partial charge in [-0.3, -0.25) is 15.0 Å². The minimum atomic E-state index is -0.312. The number of nitro groups is 1. The highest BCUT2D eigenvalue weighted by atomic mass is 16.6. The van der Waals surface area contributed by atoms with Crippen LogP contribution in [-0.2, 0) is 16.0 Å². The van der Waals surface area contributed by atoms with Crippen molar-refractivity contribution in [1.29, 1.82) is 0 Å². The lowest BCUT2D eigenvalue weighted by atomic mass is 9.98. The zero-order chi connectivity index (χ0) is 14.9. The van der Waals surface area contributed by atoms with Gasteiger partial charge in [-0.2, -0.15) is 0 Å². The quantitative estimate of drug-likeness (QED) is 0.629. The van der Waals surface area contributed by atoms with Crippen LogP contribution in [0.3, 0.4) is 0 Å². The fraction of sp³-hybridized carbons (Fsp3) is 0.600. The predicted molar refractivity (Wildman–Crippen MR) is 77.1 cm³/mol. The average Bonchev–Trinajstić information content (AvgIpc) is 2.85. The first kappa shape index (κ1) is 14.4. The molecule has 2 aliphatic rings. The Morgan fingerprint density at radius 3 is 3.00 bits per heavy atom. The molecule has 2 aliphatic heterocycles. The van der Waals surface area contributed by atoms with Gasteiger partial charge < -0.3 is 9.47 Å². The van der Waals surface area contributed by atoms with Crippen molar-refractivity contribution in [3.8, 4) is 0 Å². The van der Waals surface area contributed by atoms with Crippen LogP contribution in [0.1, 0.15) is 18.9 Å². The summed E-state index contributed by atoms with van der Waals surface area (Å²) in [5, 5.41) is 11.1. The average molecular weight is 292 g/mol. The topological polar surface area (TPSA) is 64.8 Å². The van der Waals surface area contributed by atoms with Crippen molar-refractivity contribution in [2.45, 2.75) is 31.6 Å². The first-order valence-electron chi connectivity index (χ1n) is 7.28. The number of nitro benzene ring substituents is 1. The summed E-state index contributed by atoms with van der Waals surface area (Å²) in [7, 11) is 0. The van der Waals surface area contributed by atoms with Crippen LogP contribution < -0.4 is 0 Å². The second-order valence-corrected chi connectivity index (χ2v) is 5.97. The number of nitrogens with zero attached hydrogens (tertiary/aromatic N) is 2. The molecular formula is C15H20N2O4. The number of hydrogen-bond donors (Lipinski definition) is 0. The van der Waals surface area contributed by atoms with Crippen LogP contribution in [0.5, 0.6) is 0 Å². The smallest absolute Gasteiger partial charge is 0.273 e. The molecule has 6 heteroatoms. The maximum Gasteiger partial charge on any atom is 0.273 e. The van der Waals surface area contributed by atoms with E-state index in [0.717, 1.165) is 31.7 Å². The molecule has 0 bridgehead atoms. The monoisotopic (exact) mass is 292 g/mol. The van der Waals surface area contributed by atoms with Crippen LogP contribution in [-0.4, -0.2) is 47.8 Å². The first-order valence-corrected chi connectivity index (χ1v) is 7.28. The third-order valence-corrected chi connectivity index (χ3v) is 4.13. The third kappa shape index (κ3) is 3.07. The Hall–Kier alpha value is -1.50. The molecule has 6 nitrogen and oxygen atoms in total. The van der Waals surface area contributed by atoms with Crippen LogP contribution >= 0.6 is 0 Å². The van der Waals surface area contributed by atoms with E-state index in [2.05, 4.69) is 4.90 Å². The molecule has 21 heavy (non-hydrogen) atoms. The Kier molecular flexibility index (Phi) is 3.93.